The lowest BCUT2D eigenvalue weighted by molar-refractivity contribution is 0.305. The van der Waals surface area contributed by atoms with Gasteiger partial charge < -0.3 is 9.64 Å². The van der Waals surface area contributed by atoms with Crippen molar-refractivity contribution < 1.29 is 4.74 Å². The lowest BCUT2D eigenvalue weighted by atomic mass is 9.87. The molecule has 0 heterocycles. The van der Waals surface area contributed by atoms with Gasteiger partial charge in [0, 0.05) is 31.6 Å². The van der Waals surface area contributed by atoms with Crippen molar-refractivity contribution >= 4 is 17.6 Å². The summed E-state index contributed by atoms with van der Waals surface area (Å²) >= 11 is 0. The second-order valence-electron chi connectivity index (χ2n) is 8.44. The van der Waals surface area contributed by atoms with Crippen molar-refractivity contribution in [2.75, 3.05) is 19.0 Å². The van der Waals surface area contributed by atoms with Crippen molar-refractivity contribution in [3.63, 3.8) is 0 Å². The highest BCUT2D eigenvalue weighted by atomic mass is 16.5. The van der Waals surface area contributed by atoms with Crippen molar-refractivity contribution in [1.82, 2.24) is 0 Å². The van der Waals surface area contributed by atoms with Crippen molar-refractivity contribution in [1.29, 1.82) is 0 Å². The lowest BCUT2D eigenvalue weighted by Gasteiger charge is -2.19. The smallest absolute Gasteiger partial charge is 0.128 e. The number of nitrogens with zero attached hydrogens (tertiary/aromatic N) is 2. The van der Waals surface area contributed by atoms with E-state index in [0.717, 1.165) is 28.3 Å². The van der Waals surface area contributed by atoms with Crippen LogP contribution in [0.4, 0.5) is 11.4 Å². The predicted octanol–water partition coefficient (Wildman–Crippen LogP) is 6.38. The Bertz CT molecular complexity index is 949. The van der Waals surface area contributed by atoms with Gasteiger partial charge in [-0.1, -0.05) is 57.2 Å². The average Bonchev–Trinajstić information content (AvgIpc) is 2.71. The number of para-hydroxylation sites is 1. The SMILES string of the molecule is CN(C)c1ccc(N=Cc2ccccc2OCc2ccc(C(C)(C)C)cc2)cc1. The molecule has 3 aromatic carbocycles. The summed E-state index contributed by atoms with van der Waals surface area (Å²) in [6.07, 6.45) is 1.86. The van der Waals surface area contributed by atoms with E-state index < -0.39 is 0 Å². The molecule has 0 aliphatic carbocycles. The van der Waals surface area contributed by atoms with Gasteiger partial charge in [0.05, 0.1) is 5.69 Å². The van der Waals surface area contributed by atoms with Crippen LogP contribution in [0.1, 0.15) is 37.5 Å². The maximum Gasteiger partial charge on any atom is 0.128 e. The molecule has 0 bridgehead atoms. The molecule has 0 aliphatic heterocycles. The zero-order chi connectivity index (χ0) is 20.9. The van der Waals surface area contributed by atoms with E-state index in [4.69, 9.17) is 4.74 Å². The molecule has 150 valence electrons. The average molecular weight is 387 g/mol. The van der Waals surface area contributed by atoms with Crippen LogP contribution in [0.5, 0.6) is 5.75 Å². The van der Waals surface area contributed by atoms with E-state index in [1.807, 2.05) is 56.7 Å². The molecule has 0 amide bonds. The fourth-order valence-electron chi connectivity index (χ4n) is 2.96. The molecule has 3 nitrogen and oxygen atoms in total. The van der Waals surface area contributed by atoms with Crippen molar-refractivity contribution in [2.24, 2.45) is 4.99 Å². The summed E-state index contributed by atoms with van der Waals surface area (Å²) in [4.78, 5) is 6.68. The molecule has 0 spiro atoms. The number of benzene rings is 3. The maximum absolute atomic E-state index is 6.09. The molecular formula is C26H30N2O. The van der Waals surface area contributed by atoms with Crippen LogP contribution in [0.3, 0.4) is 0 Å². The first kappa shape index (κ1) is 20.7. The van der Waals surface area contributed by atoms with Crippen LogP contribution in [-0.2, 0) is 12.0 Å². The topological polar surface area (TPSA) is 24.8 Å². The fourth-order valence-corrected chi connectivity index (χ4v) is 2.96. The summed E-state index contributed by atoms with van der Waals surface area (Å²) in [6, 6.07) is 24.8. The van der Waals surface area contributed by atoms with E-state index in [0.29, 0.717) is 6.61 Å². The highest BCUT2D eigenvalue weighted by Crippen LogP contribution is 2.24. The van der Waals surface area contributed by atoms with Gasteiger partial charge in [-0.05, 0) is 52.9 Å². The molecule has 0 atom stereocenters. The van der Waals surface area contributed by atoms with E-state index in [9.17, 15) is 0 Å². The Labute approximate surface area is 174 Å². The summed E-state index contributed by atoms with van der Waals surface area (Å²) < 4.78 is 6.09. The second-order valence-corrected chi connectivity index (χ2v) is 8.44. The quantitative estimate of drug-likeness (QED) is 0.459. The molecule has 29 heavy (non-hydrogen) atoms. The first-order valence-electron chi connectivity index (χ1n) is 9.95. The second kappa shape index (κ2) is 8.95. The molecular weight excluding hydrogens is 356 g/mol. The van der Waals surface area contributed by atoms with Gasteiger partial charge >= 0.3 is 0 Å². The molecule has 0 fully saturated rings. The van der Waals surface area contributed by atoms with Gasteiger partial charge in [0.15, 0.2) is 0 Å². The number of hydrogen-bond acceptors (Lipinski definition) is 3. The Morgan fingerprint density at radius 1 is 0.862 bits per heavy atom. The Hall–Kier alpha value is -3.07. The third kappa shape index (κ3) is 5.71. The minimum absolute atomic E-state index is 0.160. The van der Waals surface area contributed by atoms with Crippen molar-refractivity contribution in [3.05, 3.63) is 89.5 Å². The Morgan fingerprint density at radius 3 is 2.14 bits per heavy atom. The van der Waals surface area contributed by atoms with Crippen molar-refractivity contribution in [3.8, 4) is 5.75 Å². The summed E-state index contributed by atoms with van der Waals surface area (Å²) in [5, 5.41) is 0. The van der Waals surface area contributed by atoms with Gasteiger partial charge in [-0.2, -0.15) is 0 Å². The third-order valence-electron chi connectivity index (χ3n) is 4.85. The van der Waals surface area contributed by atoms with Gasteiger partial charge in [0.1, 0.15) is 12.4 Å². The normalized spacial score (nSPS) is 11.6. The first-order valence-corrected chi connectivity index (χ1v) is 9.95. The van der Waals surface area contributed by atoms with E-state index in [2.05, 4.69) is 67.1 Å². The number of ether oxygens (including phenoxy) is 1. The Kier molecular flexibility index (Phi) is 6.38. The van der Waals surface area contributed by atoms with E-state index in [1.165, 1.54) is 5.56 Å². The molecule has 3 heteroatoms. The standard InChI is InChI=1S/C26H30N2O/c1-26(2,3)22-12-10-20(11-13-22)19-29-25-9-7-6-8-21(25)18-27-23-14-16-24(17-15-23)28(4)5/h6-18H,19H2,1-5H3. The molecule has 0 aliphatic rings. The van der Waals surface area contributed by atoms with Crippen LogP contribution in [0.2, 0.25) is 0 Å². The molecule has 0 aromatic heterocycles. The van der Waals surface area contributed by atoms with E-state index in [-0.39, 0.29) is 5.41 Å². The summed E-state index contributed by atoms with van der Waals surface area (Å²) in [6.45, 7) is 7.21. The zero-order valence-electron chi connectivity index (χ0n) is 18.0. The Morgan fingerprint density at radius 2 is 1.52 bits per heavy atom. The van der Waals surface area contributed by atoms with Crippen LogP contribution in [0.15, 0.2) is 77.8 Å². The summed E-state index contributed by atoms with van der Waals surface area (Å²) in [5.74, 6) is 0.834. The molecule has 3 aromatic rings. The number of aliphatic imine (C=N–C) groups is 1. The van der Waals surface area contributed by atoms with Gasteiger partial charge in [-0.25, -0.2) is 0 Å². The largest absolute Gasteiger partial charge is 0.488 e. The van der Waals surface area contributed by atoms with Crippen LogP contribution in [0, 0.1) is 0 Å². The molecule has 0 unspecified atom stereocenters. The maximum atomic E-state index is 6.09. The Balaban J connectivity index is 1.69. The fraction of sp³-hybridized carbons (Fsp3) is 0.269. The van der Waals surface area contributed by atoms with Gasteiger partial charge in [0.25, 0.3) is 0 Å². The van der Waals surface area contributed by atoms with Gasteiger partial charge in [0.2, 0.25) is 0 Å². The van der Waals surface area contributed by atoms with Crippen LogP contribution >= 0.6 is 0 Å². The first-order chi connectivity index (χ1) is 13.8. The third-order valence-corrected chi connectivity index (χ3v) is 4.85. The minimum atomic E-state index is 0.160. The molecule has 0 N–H and O–H groups in total. The summed E-state index contributed by atoms with van der Waals surface area (Å²) in [7, 11) is 4.06. The molecule has 3 rings (SSSR count). The van der Waals surface area contributed by atoms with Crippen LogP contribution < -0.4 is 9.64 Å². The molecule has 0 saturated carbocycles. The van der Waals surface area contributed by atoms with Gasteiger partial charge in [-0.15, -0.1) is 0 Å². The van der Waals surface area contributed by atoms with E-state index in [1.54, 1.807) is 0 Å². The summed E-state index contributed by atoms with van der Waals surface area (Å²) in [5.41, 5.74) is 5.69. The number of rotatable bonds is 6. The molecule has 0 saturated heterocycles. The van der Waals surface area contributed by atoms with Crippen LogP contribution in [-0.4, -0.2) is 20.3 Å². The zero-order valence-corrected chi connectivity index (χ0v) is 18.0. The van der Waals surface area contributed by atoms with Gasteiger partial charge in [-0.3, -0.25) is 4.99 Å². The molecule has 0 radical (unpaired) electrons. The highest BCUT2D eigenvalue weighted by Gasteiger charge is 2.12. The lowest BCUT2D eigenvalue weighted by Crippen LogP contribution is -2.10. The van der Waals surface area contributed by atoms with E-state index >= 15 is 0 Å². The number of anilines is 1. The minimum Gasteiger partial charge on any atom is -0.488 e. The van der Waals surface area contributed by atoms with Crippen molar-refractivity contribution in [2.45, 2.75) is 32.8 Å². The highest BCUT2D eigenvalue weighted by molar-refractivity contribution is 5.85. The number of hydrogen-bond donors (Lipinski definition) is 0. The monoisotopic (exact) mass is 386 g/mol. The van der Waals surface area contributed by atoms with Crippen LogP contribution in [0.25, 0.3) is 0 Å². The predicted molar refractivity (Wildman–Crippen MR) is 124 cm³/mol.